The predicted octanol–water partition coefficient (Wildman–Crippen LogP) is 2.52. The van der Waals surface area contributed by atoms with Gasteiger partial charge in [0.05, 0.1) is 44.1 Å². The zero-order valence-electron chi connectivity index (χ0n) is 20.6. The number of pyridine rings is 1. The maximum atomic E-state index is 12.6. The summed E-state index contributed by atoms with van der Waals surface area (Å²) in [5.41, 5.74) is 1.52. The standard InChI is InChI=1S/C26H33NO8/c1-25(2,11-32-3)23-7-16-6-22(35-15-26(12-33-4)13-34-14-26)17(10-28)5-18(16)20-8-21(29)19(24(30)31)9-27(20)23/h5-6,8-9,23,28H,7,10-15H2,1-4H3,(H,30,31)/t23-/m0/s1. The number of fused-ring (bicyclic) bond motifs is 3. The molecule has 1 aromatic heterocycles. The molecule has 0 bridgehead atoms. The molecule has 0 saturated carbocycles. The maximum absolute atomic E-state index is 12.6. The number of aliphatic hydroxyl groups excluding tert-OH is 1. The Morgan fingerprint density at radius 2 is 1.94 bits per heavy atom. The number of nitrogens with zero attached hydrogens (tertiary/aromatic N) is 1. The van der Waals surface area contributed by atoms with Gasteiger partial charge in [0.25, 0.3) is 0 Å². The number of carboxylic acids is 1. The molecule has 190 valence electrons. The lowest BCUT2D eigenvalue weighted by Crippen LogP contribution is -2.50. The molecule has 1 aromatic carbocycles. The van der Waals surface area contributed by atoms with Crippen molar-refractivity contribution < 1.29 is 34.0 Å². The summed E-state index contributed by atoms with van der Waals surface area (Å²) >= 11 is 0. The van der Waals surface area contributed by atoms with E-state index in [1.54, 1.807) is 14.2 Å². The molecule has 2 aliphatic rings. The normalized spacial score (nSPS) is 18.4. The van der Waals surface area contributed by atoms with Gasteiger partial charge in [-0.2, -0.15) is 0 Å². The van der Waals surface area contributed by atoms with Gasteiger partial charge < -0.3 is 33.7 Å². The summed E-state index contributed by atoms with van der Waals surface area (Å²) in [6, 6.07) is 4.96. The highest BCUT2D eigenvalue weighted by Crippen LogP contribution is 2.45. The molecule has 9 nitrogen and oxygen atoms in total. The Morgan fingerprint density at radius 3 is 2.51 bits per heavy atom. The molecule has 35 heavy (non-hydrogen) atoms. The largest absolute Gasteiger partial charge is 0.492 e. The average Bonchev–Trinajstić information content (AvgIpc) is 2.78. The van der Waals surface area contributed by atoms with Crippen molar-refractivity contribution in [1.82, 2.24) is 4.57 Å². The Hall–Kier alpha value is -2.72. The summed E-state index contributed by atoms with van der Waals surface area (Å²) in [5.74, 6) is -0.681. The lowest BCUT2D eigenvalue weighted by atomic mass is 9.77. The number of methoxy groups -OCH3 is 2. The van der Waals surface area contributed by atoms with Gasteiger partial charge in [-0.05, 0) is 24.1 Å². The Kier molecular flexibility index (Phi) is 7.06. The van der Waals surface area contributed by atoms with E-state index in [2.05, 4.69) is 13.8 Å². The first-order valence-corrected chi connectivity index (χ1v) is 11.6. The zero-order chi connectivity index (χ0) is 25.4. The summed E-state index contributed by atoms with van der Waals surface area (Å²) < 4.78 is 24.3. The zero-order valence-corrected chi connectivity index (χ0v) is 20.6. The van der Waals surface area contributed by atoms with Gasteiger partial charge in [-0.15, -0.1) is 0 Å². The van der Waals surface area contributed by atoms with Crippen LogP contribution in [0.1, 0.15) is 41.4 Å². The van der Waals surface area contributed by atoms with Crippen LogP contribution in [0.15, 0.2) is 29.2 Å². The minimum atomic E-state index is -1.26. The summed E-state index contributed by atoms with van der Waals surface area (Å²) in [7, 11) is 3.28. The van der Waals surface area contributed by atoms with E-state index in [1.165, 1.54) is 12.3 Å². The van der Waals surface area contributed by atoms with E-state index in [4.69, 9.17) is 18.9 Å². The Balaban J connectivity index is 1.80. The Labute approximate surface area is 204 Å². The molecule has 2 aromatic rings. The molecule has 0 aliphatic carbocycles. The van der Waals surface area contributed by atoms with Crippen LogP contribution >= 0.6 is 0 Å². The van der Waals surface area contributed by atoms with Crippen LogP contribution in [0.5, 0.6) is 5.75 Å². The van der Waals surface area contributed by atoms with Crippen LogP contribution < -0.4 is 10.2 Å². The van der Waals surface area contributed by atoms with E-state index >= 15 is 0 Å². The number of aliphatic hydroxyl groups is 1. The molecule has 0 amide bonds. The number of hydrogen-bond acceptors (Lipinski definition) is 7. The summed E-state index contributed by atoms with van der Waals surface area (Å²) in [6.07, 6.45) is 2.01. The lowest BCUT2D eigenvalue weighted by molar-refractivity contribution is -0.159. The smallest absolute Gasteiger partial charge is 0.341 e. The average molecular weight is 488 g/mol. The van der Waals surface area contributed by atoms with Crippen LogP contribution in [-0.4, -0.2) is 68.0 Å². The van der Waals surface area contributed by atoms with Gasteiger partial charge in [0, 0.05) is 49.1 Å². The fourth-order valence-electron chi connectivity index (χ4n) is 5.08. The fourth-order valence-corrected chi connectivity index (χ4v) is 5.08. The van der Waals surface area contributed by atoms with Crippen molar-refractivity contribution in [3.8, 4) is 17.0 Å². The third-order valence-corrected chi connectivity index (χ3v) is 7.01. The van der Waals surface area contributed by atoms with E-state index in [1.807, 2.05) is 16.7 Å². The van der Waals surface area contributed by atoms with Gasteiger partial charge in [-0.1, -0.05) is 13.8 Å². The van der Waals surface area contributed by atoms with Crippen molar-refractivity contribution in [3.63, 3.8) is 0 Å². The summed E-state index contributed by atoms with van der Waals surface area (Å²) in [4.78, 5) is 24.3. The first-order chi connectivity index (χ1) is 16.6. The third kappa shape index (κ3) is 4.73. The van der Waals surface area contributed by atoms with Crippen molar-refractivity contribution in [1.29, 1.82) is 0 Å². The van der Waals surface area contributed by atoms with E-state index < -0.39 is 11.4 Å². The second-order valence-electron chi connectivity index (χ2n) is 10.3. The number of hydrogen-bond donors (Lipinski definition) is 2. The van der Waals surface area contributed by atoms with Gasteiger partial charge in [0.2, 0.25) is 0 Å². The monoisotopic (exact) mass is 487 g/mol. The molecular weight excluding hydrogens is 454 g/mol. The van der Waals surface area contributed by atoms with Crippen molar-refractivity contribution in [2.45, 2.75) is 32.9 Å². The minimum absolute atomic E-state index is 0.170. The van der Waals surface area contributed by atoms with Crippen LogP contribution in [-0.2, 0) is 27.2 Å². The topological polar surface area (TPSA) is 116 Å². The van der Waals surface area contributed by atoms with Gasteiger partial charge >= 0.3 is 5.97 Å². The number of aromatic nitrogens is 1. The van der Waals surface area contributed by atoms with E-state index in [0.29, 0.717) is 56.5 Å². The van der Waals surface area contributed by atoms with E-state index in [0.717, 1.165) is 11.1 Å². The van der Waals surface area contributed by atoms with E-state index in [9.17, 15) is 19.8 Å². The van der Waals surface area contributed by atoms with Crippen molar-refractivity contribution in [3.05, 3.63) is 51.3 Å². The second kappa shape index (κ2) is 9.73. The van der Waals surface area contributed by atoms with E-state index in [-0.39, 0.29) is 29.0 Å². The second-order valence-corrected chi connectivity index (χ2v) is 10.3. The van der Waals surface area contributed by atoms with Gasteiger partial charge in [-0.25, -0.2) is 4.79 Å². The molecular formula is C26H33NO8. The van der Waals surface area contributed by atoms with Crippen LogP contribution in [0.25, 0.3) is 11.3 Å². The van der Waals surface area contributed by atoms with Gasteiger partial charge in [0.15, 0.2) is 5.43 Å². The molecule has 3 heterocycles. The molecule has 1 saturated heterocycles. The molecule has 1 atom stereocenters. The number of benzene rings is 1. The Morgan fingerprint density at radius 1 is 1.20 bits per heavy atom. The SMILES string of the molecule is COCC1(COc2cc3c(cc2CO)-c2cc(=O)c(C(=O)O)cn2[C@H](C(C)(C)COC)C3)COC1. The van der Waals surface area contributed by atoms with Crippen LogP contribution in [0.4, 0.5) is 0 Å². The predicted molar refractivity (Wildman–Crippen MR) is 128 cm³/mol. The molecule has 2 N–H and O–H groups in total. The molecule has 9 heteroatoms. The van der Waals surface area contributed by atoms with Crippen molar-refractivity contribution in [2.24, 2.45) is 10.8 Å². The lowest BCUT2D eigenvalue weighted by Gasteiger charge is -2.41. The Bertz CT molecular complexity index is 1160. The highest BCUT2D eigenvalue weighted by Gasteiger charge is 2.40. The number of carboxylic acid groups (broad SMARTS) is 1. The fraction of sp³-hybridized carbons (Fsp3) is 0.538. The quantitative estimate of drug-likeness (QED) is 0.525. The van der Waals surface area contributed by atoms with Crippen molar-refractivity contribution in [2.75, 3.05) is 47.3 Å². The molecule has 2 aliphatic heterocycles. The number of aromatic carboxylic acids is 1. The van der Waals surface area contributed by atoms with Gasteiger partial charge in [-0.3, -0.25) is 4.79 Å². The minimum Gasteiger partial charge on any atom is -0.492 e. The van der Waals surface area contributed by atoms with Crippen molar-refractivity contribution >= 4 is 5.97 Å². The third-order valence-electron chi connectivity index (χ3n) is 7.01. The number of carbonyl (C=O) groups is 1. The van der Waals surface area contributed by atoms with Crippen LogP contribution in [0.3, 0.4) is 0 Å². The highest BCUT2D eigenvalue weighted by atomic mass is 16.5. The van der Waals surface area contributed by atoms with Gasteiger partial charge in [0.1, 0.15) is 17.9 Å². The highest BCUT2D eigenvalue weighted by molar-refractivity contribution is 5.87. The number of rotatable bonds is 10. The molecule has 0 radical (unpaired) electrons. The molecule has 0 unspecified atom stereocenters. The van der Waals surface area contributed by atoms with Crippen LogP contribution in [0, 0.1) is 10.8 Å². The number of ether oxygens (including phenoxy) is 4. The molecule has 0 spiro atoms. The summed E-state index contributed by atoms with van der Waals surface area (Å²) in [6.45, 7) is 6.32. The maximum Gasteiger partial charge on any atom is 0.341 e. The first-order valence-electron chi connectivity index (χ1n) is 11.6. The summed E-state index contributed by atoms with van der Waals surface area (Å²) in [5, 5.41) is 19.7. The first kappa shape index (κ1) is 25.4. The molecule has 4 rings (SSSR count). The molecule has 1 fully saturated rings. The van der Waals surface area contributed by atoms with Crippen LogP contribution in [0.2, 0.25) is 0 Å².